The summed E-state index contributed by atoms with van der Waals surface area (Å²) in [6.07, 6.45) is 1.14. The number of nitriles is 1. The monoisotopic (exact) mass is 213 g/mol. The van der Waals surface area contributed by atoms with Crippen molar-refractivity contribution in [1.29, 1.82) is 5.26 Å². The summed E-state index contributed by atoms with van der Waals surface area (Å²) in [5, 5.41) is 14.3. The molecular formula is C10H19N3O2. The third-order valence-electron chi connectivity index (χ3n) is 1.94. The van der Waals surface area contributed by atoms with Crippen molar-refractivity contribution in [2.75, 3.05) is 26.8 Å². The zero-order valence-corrected chi connectivity index (χ0v) is 9.38. The van der Waals surface area contributed by atoms with E-state index in [1.165, 1.54) is 0 Å². The highest BCUT2D eigenvalue weighted by Crippen LogP contribution is 1.88. The largest absolute Gasteiger partial charge is 0.383 e. The highest BCUT2D eigenvalue weighted by molar-refractivity contribution is 5.76. The number of methoxy groups -OCH3 is 1. The Morgan fingerprint density at radius 2 is 2.27 bits per heavy atom. The van der Waals surface area contributed by atoms with Gasteiger partial charge in [-0.1, -0.05) is 6.92 Å². The van der Waals surface area contributed by atoms with Gasteiger partial charge in [-0.05, 0) is 6.42 Å². The van der Waals surface area contributed by atoms with Crippen LogP contribution in [0.1, 0.15) is 19.8 Å². The molecule has 2 N–H and O–H groups in total. The second kappa shape index (κ2) is 9.44. The summed E-state index contributed by atoms with van der Waals surface area (Å²) < 4.78 is 4.80. The van der Waals surface area contributed by atoms with Gasteiger partial charge in [-0.3, -0.25) is 4.79 Å². The zero-order chi connectivity index (χ0) is 11.5. The second-order valence-electron chi connectivity index (χ2n) is 3.14. The van der Waals surface area contributed by atoms with Gasteiger partial charge in [0.25, 0.3) is 0 Å². The van der Waals surface area contributed by atoms with Crippen molar-refractivity contribution >= 4 is 5.91 Å². The average molecular weight is 213 g/mol. The number of carbonyl (C=O) groups excluding carboxylic acids is 1. The maximum Gasteiger partial charge on any atom is 0.221 e. The maximum absolute atomic E-state index is 11.2. The Labute approximate surface area is 90.8 Å². The van der Waals surface area contributed by atoms with Gasteiger partial charge < -0.3 is 15.4 Å². The van der Waals surface area contributed by atoms with Gasteiger partial charge in [0, 0.05) is 26.6 Å². The van der Waals surface area contributed by atoms with E-state index in [1.807, 2.05) is 6.92 Å². The van der Waals surface area contributed by atoms with Gasteiger partial charge >= 0.3 is 0 Å². The van der Waals surface area contributed by atoms with Gasteiger partial charge in [-0.15, -0.1) is 0 Å². The van der Waals surface area contributed by atoms with E-state index < -0.39 is 0 Å². The summed E-state index contributed by atoms with van der Waals surface area (Å²) in [7, 11) is 1.59. The summed E-state index contributed by atoms with van der Waals surface area (Å²) in [4.78, 5) is 11.2. The molecule has 0 fully saturated rings. The number of rotatable bonds is 8. The Bertz CT molecular complexity index is 213. The SMILES string of the molecule is CCC(C#N)NCCC(=O)NCCOC. The number of hydrogen-bond acceptors (Lipinski definition) is 4. The molecule has 0 saturated heterocycles. The Kier molecular flexibility index (Phi) is 8.73. The molecule has 15 heavy (non-hydrogen) atoms. The van der Waals surface area contributed by atoms with Crippen LogP contribution >= 0.6 is 0 Å². The average Bonchev–Trinajstić information content (AvgIpc) is 2.25. The highest BCUT2D eigenvalue weighted by atomic mass is 16.5. The first-order valence-electron chi connectivity index (χ1n) is 5.13. The highest BCUT2D eigenvalue weighted by Gasteiger charge is 2.04. The zero-order valence-electron chi connectivity index (χ0n) is 9.38. The Morgan fingerprint density at radius 3 is 2.80 bits per heavy atom. The maximum atomic E-state index is 11.2. The van der Waals surface area contributed by atoms with Crippen molar-refractivity contribution in [3.8, 4) is 6.07 Å². The molecule has 0 spiro atoms. The van der Waals surface area contributed by atoms with E-state index in [9.17, 15) is 4.79 Å². The topological polar surface area (TPSA) is 74.2 Å². The molecular weight excluding hydrogens is 194 g/mol. The Morgan fingerprint density at radius 1 is 1.53 bits per heavy atom. The molecule has 0 aromatic heterocycles. The van der Waals surface area contributed by atoms with Crippen LogP contribution in [0.5, 0.6) is 0 Å². The van der Waals surface area contributed by atoms with Crippen LogP contribution in [0.25, 0.3) is 0 Å². The van der Waals surface area contributed by atoms with Crippen LogP contribution in [0.3, 0.4) is 0 Å². The summed E-state index contributed by atoms with van der Waals surface area (Å²) in [5.74, 6) is -0.0210. The van der Waals surface area contributed by atoms with Gasteiger partial charge in [0.05, 0.1) is 18.7 Å². The van der Waals surface area contributed by atoms with Crippen molar-refractivity contribution in [1.82, 2.24) is 10.6 Å². The number of carbonyl (C=O) groups is 1. The number of amides is 1. The lowest BCUT2D eigenvalue weighted by atomic mass is 10.2. The minimum Gasteiger partial charge on any atom is -0.383 e. The molecule has 1 amide bonds. The third kappa shape index (κ3) is 7.91. The standard InChI is InChI=1S/C10H19N3O2/c1-3-9(8-11)12-5-4-10(14)13-6-7-15-2/h9,12H,3-7H2,1-2H3,(H,13,14). The van der Waals surface area contributed by atoms with Crippen molar-refractivity contribution in [2.45, 2.75) is 25.8 Å². The first kappa shape index (κ1) is 13.9. The quantitative estimate of drug-likeness (QED) is 0.558. The molecule has 0 rings (SSSR count). The molecule has 86 valence electrons. The molecule has 0 aromatic rings. The van der Waals surface area contributed by atoms with Crippen molar-refractivity contribution in [3.63, 3.8) is 0 Å². The normalized spacial score (nSPS) is 11.8. The predicted molar refractivity (Wildman–Crippen MR) is 57.2 cm³/mol. The first-order chi connectivity index (χ1) is 7.24. The van der Waals surface area contributed by atoms with Crippen LogP contribution in [0, 0.1) is 11.3 Å². The molecule has 1 atom stereocenters. The minimum atomic E-state index is -0.156. The molecule has 5 nitrogen and oxygen atoms in total. The molecule has 1 unspecified atom stereocenters. The summed E-state index contributed by atoms with van der Waals surface area (Å²) in [6, 6.07) is 1.96. The smallest absolute Gasteiger partial charge is 0.221 e. The third-order valence-corrected chi connectivity index (χ3v) is 1.94. The van der Waals surface area contributed by atoms with E-state index >= 15 is 0 Å². The fourth-order valence-electron chi connectivity index (χ4n) is 1.02. The molecule has 0 aliphatic rings. The van der Waals surface area contributed by atoms with Gasteiger partial charge in [0.1, 0.15) is 0 Å². The number of hydrogen-bond donors (Lipinski definition) is 2. The molecule has 0 aromatic carbocycles. The summed E-state index contributed by atoms with van der Waals surface area (Å²) in [6.45, 7) is 3.52. The lowest BCUT2D eigenvalue weighted by Gasteiger charge is -2.08. The first-order valence-corrected chi connectivity index (χ1v) is 5.13. The van der Waals surface area contributed by atoms with Crippen LogP contribution in [0.15, 0.2) is 0 Å². The second-order valence-corrected chi connectivity index (χ2v) is 3.14. The lowest BCUT2D eigenvalue weighted by molar-refractivity contribution is -0.121. The Balaban J connectivity index is 3.42. The fourth-order valence-corrected chi connectivity index (χ4v) is 1.02. The van der Waals surface area contributed by atoms with E-state index in [2.05, 4.69) is 16.7 Å². The van der Waals surface area contributed by atoms with E-state index in [4.69, 9.17) is 10.00 Å². The van der Waals surface area contributed by atoms with Crippen molar-refractivity contribution in [3.05, 3.63) is 0 Å². The number of nitrogens with one attached hydrogen (secondary N) is 2. The minimum absolute atomic E-state index is 0.0210. The summed E-state index contributed by atoms with van der Waals surface area (Å²) >= 11 is 0. The predicted octanol–water partition coefficient (Wildman–Crippen LogP) is 0.0309. The number of nitrogens with zero attached hydrogens (tertiary/aromatic N) is 1. The van der Waals surface area contributed by atoms with Crippen LogP contribution in [0.2, 0.25) is 0 Å². The van der Waals surface area contributed by atoms with Crippen molar-refractivity contribution < 1.29 is 9.53 Å². The van der Waals surface area contributed by atoms with Gasteiger partial charge in [-0.2, -0.15) is 5.26 Å². The van der Waals surface area contributed by atoms with E-state index in [1.54, 1.807) is 7.11 Å². The van der Waals surface area contributed by atoms with Gasteiger partial charge in [0.2, 0.25) is 5.91 Å². The summed E-state index contributed by atoms with van der Waals surface area (Å²) in [5.41, 5.74) is 0. The van der Waals surface area contributed by atoms with E-state index in [-0.39, 0.29) is 11.9 Å². The molecule has 0 saturated carbocycles. The van der Waals surface area contributed by atoms with Crippen molar-refractivity contribution in [2.24, 2.45) is 0 Å². The van der Waals surface area contributed by atoms with Crippen LogP contribution in [0.4, 0.5) is 0 Å². The van der Waals surface area contributed by atoms with E-state index in [0.29, 0.717) is 26.1 Å². The molecule has 5 heteroatoms. The molecule has 0 aliphatic heterocycles. The van der Waals surface area contributed by atoms with Gasteiger partial charge in [0.15, 0.2) is 0 Å². The Hall–Kier alpha value is -1.12. The van der Waals surface area contributed by atoms with E-state index in [0.717, 1.165) is 6.42 Å². The molecule has 0 bridgehead atoms. The molecule has 0 radical (unpaired) electrons. The molecule has 0 heterocycles. The van der Waals surface area contributed by atoms with Crippen LogP contribution in [-0.2, 0) is 9.53 Å². The van der Waals surface area contributed by atoms with Crippen LogP contribution < -0.4 is 10.6 Å². The number of ether oxygens (including phenoxy) is 1. The van der Waals surface area contributed by atoms with Gasteiger partial charge in [-0.25, -0.2) is 0 Å². The lowest BCUT2D eigenvalue weighted by Crippen LogP contribution is -2.33. The molecule has 0 aliphatic carbocycles. The fraction of sp³-hybridized carbons (Fsp3) is 0.800. The van der Waals surface area contributed by atoms with Crippen LogP contribution in [-0.4, -0.2) is 38.8 Å².